The maximum Gasteiger partial charge on any atom is 0.243 e. The quantitative estimate of drug-likeness (QED) is 0.654. The Kier molecular flexibility index (Phi) is 5.97. The van der Waals surface area contributed by atoms with Crippen molar-refractivity contribution < 1.29 is 9.59 Å². The van der Waals surface area contributed by atoms with E-state index < -0.39 is 6.04 Å². The molecule has 0 spiro atoms. The average molecular weight is 429 g/mol. The van der Waals surface area contributed by atoms with Crippen LogP contribution < -0.4 is 5.32 Å². The minimum Gasteiger partial charge on any atom is -0.350 e. The van der Waals surface area contributed by atoms with Crippen LogP contribution in [0.3, 0.4) is 0 Å². The molecule has 0 radical (unpaired) electrons. The van der Waals surface area contributed by atoms with Crippen molar-refractivity contribution in [3.63, 3.8) is 0 Å². The lowest BCUT2D eigenvalue weighted by Gasteiger charge is -2.23. The number of benzene rings is 1. The van der Waals surface area contributed by atoms with Crippen molar-refractivity contribution in [2.75, 3.05) is 6.54 Å². The number of likely N-dealkylation sites (tertiary alicyclic amines) is 1. The van der Waals surface area contributed by atoms with Crippen molar-refractivity contribution in [3.8, 4) is 5.69 Å². The highest BCUT2D eigenvalue weighted by atomic mass is 35.5. The third-order valence-corrected chi connectivity index (χ3v) is 6.10. The van der Waals surface area contributed by atoms with E-state index in [4.69, 9.17) is 11.6 Å². The predicted molar refractivity (Wildman–Crippen MR) is 113 cm³/mol. The standard InChI is InChI=1S/C21H21ClN4O2S/c22-16-5-7-17(8-6-16)26-14-15(13-24-26)12-23-21(28)19-4-1-9-25(19)20(27)11-18-3-2-10-29-18/h2-3,5-8,10,13-14,19H,1,4,9,11-12H2,(H,23,28). The molecule has 2 aromatic heterocycles. The molecule has 150 valence electrons. The van der Waals surface area contributed by atoms with E-state index >= 15 is 0 Å². The van der Waals surface area contributed by atoms with Crippen LogP contribution >= 0.6 is 22.9 Å². The summed E-state index contributed by atoms with van der Waals surface area (Å²) in [6, 6.07) is 10.9. The molecule has 1 N–H and O–H groups in total. The second-order valence-corrected chi connectivity index (χ2v) is 8.46. The SMILES string of the molecule is O=C(NCc1cnn(-c2ccc(Cl)cc2)c1)C1CCCN1C(=O)Cc1cccs1. The van der Waals surface area contributed by atoms with Crippen molar-refractivity contribution >= 4 is 34.8 Å². The number of halogens is 1. The third kappa shape index (κ3) is 4.68. The molecule has 4 rings (SSSR count). The molecule has 1 fully saturated rings. The first-order valence-corrected chi connectivity index (χ1v) is 10.7. The number of nitrogens with zero attached hydrogens (tertiary/aromatic N) is 3. The zero-order chi connectivity index (χ0) is 20.2. The molecule has 1 saturated heterocycles. The van der Waals surface area contributed by atoms with Crippen LogP contribution in [0.2, 0.25) is 5.02 Å². The molecular weight excluding hydrogens is 408 g/mol. The minimum absolute atomic E-state index is 0.0145. The number of thiophene rings is 1. The van der Waals surface area contributed by atoms with E-state index in [0.29, 0.717) is 31.0 Å². The van der Waals surface area contributed by atoms with Gasteiger partial charge >= 0.3 is 0 Å². The highest BCUT2D eigenvalue weighted by Crippen LogP contribution is 2.20. The van der Waals surface area contributed by atoms with Crippen LogP contribution in [0.15, 0.2) is 54.2 Å². The molecule has 6 nitrogen and oxygen atoms in total. The van der Waals surface area contributed by atoms with Gasteiger partial charge < -0.3 is 10.2 Å². The van der Waals surface area contributed by atoms with Crippen LogP contribution in [0.1, 0.15) is 23.3 Å². The molecule has 8 heteroatoms. The molecule has 1 aromatic carbocycles. The van der Waals surface area contributed by atoms with Crippen molar-refractivity contribution in [1.82, 2.24) is 20.0 Å². The molecule has 2 amide bonds. The topological polar surface area (TPSA) is 67.2 Å². The van der Waals surface area contributed by atoms with Crippen LogP contribution in [0.5, 0.6) is 0 Å². The lowest BCUT2D eigenvalue weighted by atomic mass is 10.2. The fourth-order valence-corrected chi connectivity index (χ4v) is 4.32. The molecule has 3 aromatic rings. The summed E-state index contributed by atoms with van der Waals surface area (Å²) in [7, 11) is 0. The number of hydrogen-bond donors (Lipinski definition) is 1. The van der Waals surface area contributed by atoms with Crippen LogP contribution in [-0.2, 0) is 22.6 Å². The largest absolute Gasteiger partial charge is 0.350 e. The van der Waals surface area contributed by atoms with Gasteiger partial charge in [-0.25, -0.2) is 4.68 Å². The van der Waals surface area contributed by atoms with Gasteiger partial charge in [0.2, 0.25) is 11.8 Å². The molecular formula is C21H21ClN4O2S. The first-order chi connectivity index (χ1) is 14.1. The van der Waals surface area contributed by atoms with Crippen LogP contribution in [-0.4, -0.2) is 39.1 Å². The van der Waals surface area contributed by atoms with E-state index in [0.717, 1.165) is 22.5 Å². The Morgan fingerprint density at radius 1 is 1.24 bits per heavy atom. The van der Waals surface area contributed by atoms with Gasteiger partial charge in [0.05, 0.1) is 18.3 Å². The Bertz CT molecular complexity index is 985. The lowest BCUT2D eigenvalue weighted by Crippen LogP contribution is -2.46. The van der Waals surface area contributed by atoms with E-state index in [9.17, 15) is 9.59 Å². The number of hydrogen-bond acceptors (Lipinski definition) is 4. The third-order valence-electron chi connectivity index (χ3n) is 4.98. The highest BCUT2D eigenvalue weighted by molar-refractivity contribution is 7.10. The number of amides is 2. The van der Waals surface area contributed by atoms with Gasteiger partial charge in [-0.15, -0.1) is 11.3 Å². The molecule has 0 bridgehead atoms. The zero-order valence-corrected chi connectivity index (χ0v) is 17.3. The summed E-state index contributed by atoms with van der Waals surface area (Å²) in [5.74, 6) is -0.0954. The maximum atomic E-state index is 12.7. The second kappa shape index (κ2) is 8.80. The summed E-state index contributed by atoms with van der Waals surface area (Å²) >= 11 is 7.48. The van der Waals surface area contributed by atoms with E-state index in [1.165, 1.54) is 0 Å². The summed E-state index contributed by atoms with van der Waals surface area (Å²) in [5.41, 5.74) is 1.79. The van der Waals surface area contributed by atoms with Crippen LogP contribution in [0.25, 0.3) is 5.69 Å². The Balaban J connectivity index is 1.34. The molecule has 0 aliphatic carbocycles. The van der Waals surface area contributed by atoms with Gasteiger partial charge in [-0.3, -0.25) is 9.59 Å². The summed E-state index contributed by atoms with van der Waals surface area (Å²) in [6.07, 6.45) is 5.51. The van der Waals surface area contributed by atoms with Gasteiger partial charge in [0.25, 0.3) is 0 Å². The van der Waals surface area contributed by atoms with E-state index in [2.05, 4.69) is 10.4 Å². The number of aromatic nitrogens is 2. The summed E-state index contributed by atoms with van der Waals surface area (Å²) in [5, 5.41) is 9.92. The van der Waals surface area contributed by atoms with Gasteiger partial charge in [-0.2, -0.15) is 5.10 Å². The van der Waals surface area contributed by atoms with Gasteiger partial charge in [-0.1, -0.05) is 17.7 Å². The first kappa shape index (κ1) is 19.7. The van der Waals surface area contributed by atoms with Crippen molar-refractivity contribution in [2.24, 2.45) is 0 Å². The fraction of sp³-hybridized carbons (Fsp3) is 0.286. The number of rotatable bonds is 6. The van der Waals surface area contributed by atoms with Gasteiger partial charge in [0.15, 0.2) is 0 Å². The second-order valence-electron chi connectivity index (χ2n) is 6.99. The van der Waals surface area contributed by atoms with Crippen LogP contribution in [0.4, 0.5) is 0 Å². The molecule has 3 heterocycles. The lowest BCUT2D eigenvalue weighted by molar-refractivity contribution is -0.138. The number of carbonyl (C=O) groups is 2. The molecule has 29 heavy (non-hydrogen) atoms. The van der Waals surface area contributed by atoms with Gasteiger partial charge in [-0.05, 0) is 48.6 Å². The Hall–Kier alpha value is -2.64. The van der Waals surface area contributed by atoms with E-state index in [1.54, 1.807) is 27.1 Å². The maximum absolute atomic E-state index is 12.7. The fourth-order valence-electron chi connectivity index (χ4n) is 3.49. The molecule has 0 saturated carbocycles. The van der Waals surface area contributed by atoms with E-state index in [1.807, 2.05) is 48.0 Å². The monoisotopic (exact) mass is 428 g/mol. The van der Waals surface area contributed by atoms with Crippen molar-refractivity contribution in [3.05, 3.63) is 69.6 Å². The smallest absolute Gasteiger partial charge is 0.243 e. The molecule has 1 aliphatic rings. The van der Waals surface area contributed by atoms with Crippen LogP contribution in [0, 0.1) is 0 Å². The zero-order valence-electron chi connectivity index (χ0n) is 15.8. The van der Waals surface area contributed by atoms with Gasteiger partial charge in [0, 0.05) is 34.7 Å². The Morgan fingerprint density at radius 2 is 2.07 bits per heavy atom. The highest BCUT2D eigenvalue weighted by Gasteiger charge is 2.33. The summed E-state index contributed by atoms with van der Waals surface area (Å²) < 4.78 is 1.74. The number of carbonyl (C=O) groups excluding carboxylic acids is 2. The Morgan fingerprint density at radius 3 is 2.83 bits per heavy atom. The van der Waals surface area contributed by atoms with Crippen molar-refractivity contribution in [2.45, 2.75) is 31.8 Å². The summed E-state index contributed by atoms with van der Waals surface area (Å²) in [4.78, 5) is 28.1. The summed E-state index contributed by atoms with van der Waals surface area (Å²) in [6.45, 7) is 1.01. The minimum atomic E-state index is -0.395. The number of nitrogens with one attached hydrogen (secondary N) is 1. The van der Waals surface area contributed by atoms with Crippen molar-refractivity contribution in [1.29, 1.82) is 0 Å². The molecule has 1 atom stereocenters. The van der Waals surface area contributed by atoms with E-state index in [-0.39, 0.29) is 11.8 Å². The Labute approximate surface area is 178 Å². The normalized spacial score (nSPS) is 16.2. The predicted octanol–water partition coefficient (Wildman–Crippen LogP) is 3.44. The average Bonchev–Trinajstić information content (AvgIpc) is 3.47. The van der Waals surface area contributed by atoms with Gasteiger partial charge in [0.1, 0.15) is 6.04 Å². The first-order valence-electron chi connectivity index (χ1n) is 9.49. The molecule has 1 aliphatic heterocycles. The molecule has 1 unspecified atom stereocenters.